The van der Waals surface area contributed by atoms with E-state index in [1.165, 1.54) is 50.7 Å². The van der Waals surface area contributed by atoms with Gasteiger partial charge in [0, 0.05) is 0 Å². The normalized spacial score (nSPS) is 14.1. The molecule has 0 aromatic heterocycles. The van der Waals surface area contributed by atoms with Crippen molar-refractivity contribution < 1.29 is 19.8 Å². The SMILES string of the molecule is C1CCCCC1.Cc1c(C(=O)O)ccc(C(=O)O)c1C. The molecule has 0 amide bonds. The molecule has 0 aliphatic heterocycles. The van der Waals surface area contributed by atoms with Gasteiger partial charge in [-0.05, 0) is 37.1 Å². The van der Waals surface area contributed by atoms with Crippen molar-refractivity contribution >= 4 is 11.9 Å². The van der Waals surface area contributed by atoms with Crippen LogP contribution in [0.1, 0.15) is 70.4 Å². The van der Waals surface area contributed by atoms with Gasteiger partial charge in [0.2, 0.25) is 0 Å². The van der Waals surface area contributed by atoms with E-state index in [1.54, 1.807) is 13.8 Å². The number of benzene rings is 1. The molecule has 0 spiro atoms. The van der Waals surface area contributed by atoms with Gasteiger partial charge in [0.1, 0.15) is 0 Å². The lowest BCUT2D eigenvalue weighted by atomic mass is 9.98. The molecule has 2 N–H and O–H groups in total. The third-order valence-corrected chi connectivity index (χ3v) is 3.75. The van der Waals surface area contributed by atoms with Gasteiger partial charge in [-0.15, -0.1) is 0 Å². The van der Waals surface area contributed by atoms with E-state index in [1.807, 2.05) is 0 Å². The lowest BCUT2D eigenvalue weighted by Crippen LogP contribution is -2.06. The highest BCUT2D eigenvalue weighted by molar-refractivity contribution is 5.94. The summed E-state index contributed by atoms with van der Waals surface area (Å²) in [5.74, 6) is -2.08. The van der Waals surface area contributed by atoms with Crippen molar-refractivity contribution in [3.63, 3.8) is 0 Å². The molecule has 20 heavy (non-hydrogen) atoms. The van der Waals surface area contributed by atoms with Crippen molar-refractivity contribution in [1.82, 2.24) is 0 Å². The number of aromatic carboxylic acids is 2. The molecule has 0 bridgehead atoms. The monoisotopic (exact) mass is 278 g/mol. The first-order valence-corrected chi connectivity index (χ1v) is 7.02. The third kappa shape index (κ3) is 4.37. The van der Waals surface area contributed by atoms with E-state index in [0.717, 1.165) is 0 Å². The van der Waals surface area contributed by atoms with Crippen LogP contribution in [0, 0.1) is 13.8 Å². The summed E-state index contributed by atoms with van der Waals surface area (Å²) in [6.45, 7) is 3.20. The Hall–Kier alpha value is -1.84. The van der Waals surface area contributed by atoms with Gasteiger partial charge < -0.3 is 10.2 Å². The lowest BCUT2D eigenvalue weighted by molar-refractivity contribution is 0.0679. The predicted octanol–water partition coefficient (Wildman–Crippen LogP) is 4.04. The van der Waals surface area contributed by atoms with Gasteiger partial charge in [-0.2, -0.15) is 0 Å². The standard InChI is InChI=1S/C10H10O4.C6H12/c1-5-6(2)8(10(13)14)4-3-7(5)9(11)12;1-2-4-6-5-3-1/h3-4H,1-2H3,(H,11,12)(H,13,14);1-6H2. The maximum atomic E-state index is 10.7. The third-order valence-electron chi connectivity index (χ3n) is 3.75. The minimum absolute atomic E-state index is 0.146. The van der Waals surface area contributed by atoms with Crippen molar-refractivity contribution in [2.75, 3.05) is 0 Å². The summed E-state index contributed by atoms with van der Waals surface area (Å²) in [6, 6.07) is 2.63. The molecular formula is C16H22O4. The Bertz CT molecular complexity index is 437. The molecule has 1 aromatic carbocycles. The van der Waals surface area contributed by atoms with Gasteiger partial charge in [0.15, 0.2) is 0 Å². The predicted molar refractivity (Wildman–Crippen MR) is 77.5 cm³/mol. The number of hydrogen-bond donors (Lipinski definition) is 2. The van der Waals surface area contributed by atoms with Gasteiger partial charge in [-0.25, -0.2) is 9.59 Å². The van der Waals surface area contributed by atoms with Gasteiger partial charge in [-0.1, -0.05) is 38.5 Å². The molecule has 4 nitrogen and oxygen atoms in total. The Labute approximate surface area is 119 Å². The summed E-state index contributed by atoms with van der Waals surface area (Å²) in [5, 5.41) is 17.5. The fourth-order valence-electron chi connectivity index (χ4n) is 2.34. The Morgan fingerprint density at radius 1 is 0.750 bits per heavy atom. The highest BCUT2D eigenvalue weighted by Crippen LogP contribution is 2.17. The number of rotatable bonds is 2. The Morgan fingerprint density at radius 2 is 1.00 bits per heavy atom. The van der Waals surface area contributed by atoms with E-state index in [0.29, 0.717) is 11.1 Å². The molecule has 1 aromatic rings. The van der Waals surface area contributed by atoms with E-state index < -0.39 is 11.9 Å². The summed E-state index contributed by atoms with van der Waals surface area (Å²) < 4.78 is 0. The fourth-order valence-corrected chi connectivity index (χ4v) is 2.34. The highest BCUT2D eigenvalue weighted by Gasteiger charge is 2.14. The number of carbonyl (C=O) groups is 2. The topological polar surface area (TPSA) is 74.6 Å². The maximum absolute atomic E-state index is 10.7. The first-order chi connectivity index (χ1) is 9.45. The van der Waals surface area contributed by atoms with Crippen LogP contribution in [-0.4, -0.2) is 22.2 Å². The van der Waals surface area contributed by atoms with Crippen LogP contribution in [0.2, 0.25) is 0 Å². The Balaban J connectivity index is 0.000000276. The van der Waals surface area contributed by atoms with Crippen molar-refractivity contribution in [3.05, 3.63) is 34.4 Å². The smallest absolute Gasteiger partial charge is 0.335 e. The molecule has 1 aliphatic rings. The average Bonchev–Trinajstić information content (AvgIpc) is 2.43. The first kappa shape index (κ1) is 16.2. The van der Waals surface area contributed by atoms with Crippen LogP contribution in [0.4, 0.5) is 0 Å². The molecule has 2 rings (SSSR count). The molecule has 110 valence electrons. The van der Waals surface area contributed by atoms with Crippen LogP contribution in [0.5, 0.6) is 0 Å². The van der Waals surface area contributed by atoms with Crippen molar-refractivity contribution in [1.29, 1.82) is 0 Å². The van der Waals surface area contributed by atoms with Gasteiger partial charge in [-0.3, -0.25) is 0 Å². The van der Waals surface area contributed by atoms with E-state index in [4.69, 9.17) is 10.2 Å². The van der Waals surface area contributed by atoms with Crippen molar-refractivity contribution in [3.8, 4) is 0 Å². The number of carboxylic acid groups (broad SMARTS) is 2. The van der Waals surface area contributed by atoms with E-state index in [-0.39, 0.29) is 11.1 Å². The number of carboxylic acids is 2. The Morgan fingerprint density at radius 3 is 1.20 bits per heavy atom. The molecule has 1 saturated carbocycles. The zero-order valence-electron chi connectivity index (χ0n) is 12.1. The van der Waals surface area contributed by atoms with Crippen molar-refractivity contribution in [2.45, 2.75) is 52.4 Å². The second kappa shape index (κ2) is 7.68. The highest BCUT2D eigenvalue weighted by atomic mass is 16.4. The van der Waals surface area contributed by atoms with E-state index in [2.05, 4.69) is 0 Å². The second-order valence-electron chi connectivity index (χ2n) is 5.14. The minimum atomic E-state index is -1.04. The van der Waals surface area contributed by atoms with Crippen LogP contribution in [0.15, 0.2) is 12.1 Å². The molecule has 0 atom stereocenters. The molecule has 1 fully saturated rings. The zero-order valence-corrected chi connectivity index (χ0v) is 12.1. The summed E-state index contributed by atoms with van der Waals surface area (Å²) >= 11 is 0. The minimum Gasteiger partial charge on any atom is -0.478 e. The summed E-state index contributed by atoms with van der Waals surface area (Å²) in [4.78, 5) is 21.4. The summed E-state index contributed by atoms with van der Waals surface area (Å²) in [5.41, 5.74) is 1.29. The molecule has 0 saturated heterocycles. The lowest BCUT2D eigenvalue weighted by Gasteiger charge is -2.07. The van der Waals surface area contributed by atoms with Crippen LogP contribution in [-0.2, 0) is 0 Å². The van der Waals surface area contributed by atoms with Gasteiger partial charge >= 0.3 is 11.9 Å². The molecular weight excluding hydrogens is 256 g/mol. The molecule has 0 unspecified atom stereocenters. The largest absolute Gasteiger partial charge is 0.478 e. The van der Waals surface area contributed by atoms with E-state index in [9.17, 15) is 9.59 Å². The average molecular weight is 278 g/mol. The van der Waals surface area contributed by atoms with Crippen LogP contribution >= 0.6 is 0 Å². The molecule has 0 radical (unpaired) electrons. The van der Waals surface area contributed by atoms with Crippen LogP contribution < -0.4 is 0 Å². The maximum Gasteiger partial charge on any atom is 0.335 e. The van der Waals surface area contributed by atoms with Crippen LogP contribution in [0.3, 0.4) is 0 Å². The Kier molecular flexibility index (Phi) is 6.22. The summed E-state index contributed by atoms with van der Waals surface area (Å²) in [7, 11) is 0. The zero-order chi connectivity index (χ0) is 15.1. The first-order valence-electron chi connectivity index (χ1n) is 7.02. The van der Waals surface area contributed by atoms with E-state index >= 15 is 0 Å². The van der Waals surface area contributed by atoms with Crippen LogP contribution in [0.25, 0.3) is 0 Å². The fraction of sp³-hybridized carbons (Fsp3) is 0.500. The second-order valence-corrected chi connectivity index (χ2v) is 5.14. The van der Waals surface area contributed by atoms with Gasteiger partial charge in [0.25, 0.3) is 0 Å². The molecule has 4 heteroatoms. The number of hydrogen-bond acceptors (Lipinski definition) is 2. The quantitative estimate of drug-likeness (QED) is 0.856. The van der Waals surface area contributed by atoms with Crippen molar-refractivity contribution in [2.24, 2.45) is 0 Å². The van der Waals surface area contributed by atoms with Gasteiger partial charge in [0.05, 0.1) is 11.1 Å². The molecule has 0 heterocycles. The molecule has 1 aliphatic carbocycles. The summed E-state index contributed by atoms with van der Waals surface area (Å²) in [6.07, 6.45) is 9.00.